The molecule has 0 aliphatic carbocycles. The average Bonchev–Trinajstić information content (AvgIpc) is 2.22. The van der Waals surface area contributed by atoms with E-state index in [0.29, 0.717) is 16.5 Å². The summed E-state index contributed by atoms with van der Waals surface area (Å²) < 4.78 is 5.50. The second-order valence-corrected chi connectivity index (χ2v) is 4.30. The third-order valence-corrected chi connectivity index (χ3v) is 2.21. The maximum atomic E-state index is 11.3. The highest BCUT2D eigenvalue weighted by Crippen LogP contribution is 2.28. The SMILES string of the molecule is CNCC(=O)Nc1ccc(OC(C)C)c(Cl)c1.Cl. The van der Waals surface area contributed by atoms with Gasteiger partial charge in [-0.15, -0.1) is 12.4 Å². The zero-order valence-corrected chi connectivity index (χ0v) is 12.2. The van der Waals surface area contributed by atoms with Crippen molar-refractivity contribution in [3.63, 3.8) is 0 Å². The van der Waals surface area contributed by atoms with Crippen molar-refractivity contribution >= 4 is 35.6 Å². The molecule has 0 aliphatic rings. The van der Waals surface area contributed by atoms with Gasteiger partial charge in [0.05, 0.1) is 17.7 Å². The maximum Gasteiger partial charge on any atom is 0.238 e. The van der Waals surface area contributed by atoms with E-state index < -0.39 is 0 Å². The first-order valence-corrected chi connectivity index (χ1v) is 5.81. The summed E-state index contributed by atoms with van der Waals surface area (Å²) in [6.45, 7) is 4.12. The van der Waals surface area contributed by atoms with Gasteiger partial charge in [-0.05, 0) is 39.1 Å². The summed E-state index contributed by atoms with van der Waals surface area (Å²) in [6.07, 6.45) is 0.0669. The van der Waals surface area contributed by atoms with Crippen LogP contribution >= 0.6 is 24.0 Å². The molecule has 0 spiro atoms. The molecule has 1 aromatic rings. The number of anilines is 1. The Kier molecular flexibility index (Phi) is 7.75. The van der Waals surface area contributed by atoms with Crippen LogP contribution in [0, 0.1) is 0 Å². The molecular weight excluding hydrogens is 275 g/mol. The second-order valence-electron chi connectivity index (χ2n) is 3.89. The fourth-order valence-electron chi connectivity index (χ4n) is 1.29. The summed E-state index contributed by atoms with van der Waals surface area (Å²) >= 11 is 6.04. The van der Waals surface area contributed by atoms with Gasteiger partial charge in [0, 0.05) is 5.69 Å². The van der Waals surface area contributed by atoms with Gasteiger partial charge in [-0.1, -0.05) is 11.6 Å². The van der Waals surface area contributed by atoms with E-state index in [1.165, 1.54) is 0 Å². The minimum absolute atomic E-state index is 0. The van der Waals surface area contributed by atoms with Crippen LogP contribution in [0.1, 0.15) is 13.8 Å². The molecule has 2 N–H and O–H groups in total. The van der Waals surface area contributed by atoms with Gasteiger partial charge in [0.1, 0.15) is 5.75 Å². The molecule has 1 aromatic carbocycles. The number of carbonyl (C=O) groups is 1. The molecule has 0 atom stereocenters. The summed E-state index contributed by atoms with van der Waals surface area (Å²) in [5.74, 6) is 0.509. The molecule has 0 saturated carbocycles. The van der Waals surface area contributed by atoms with Gasteiger partial charge in [0.2, 0.25) is 5.91 Å². The largest absolute Gasteiger partial charge is 0.489 e. The van der Waals surface area contributed by atoms with Gasteiger partial charge in [0.25, 0.3) is 0 Å². The van der Waals surface area contributed by atoms with Crippen LogP contribution in [0.3, 0.4) is 0 Å². The second kappa shape index (κ2) is 8.19. The molecule has 0 saturated heterocycles. The van der Waals surface area contributed by atoms with E-state index in [2.05, 4.69) is 10.6 Å². The van der Waals surface area contributed by atoms with Crippen LogP contribution in [-0.2, 0) is 4.79 Å². The predicted octanol–water partition coefficient (Wildman–Crippen LogP) is 2.71. The lowest BCUT2D eigenvalue weighted by molar-refractivity contribution is -0.115. The number of hydrogen-bond donors (Lipinski definition) is 2. The number of ether oxygens (including phenoxy) is 1. The van der Waals surface area contributed by atoms with Crippen LogP contribution in [-0.4, -0.2) is 25.6 Å². The minimum atomic E-state index is -0.110. The Balaban J connectivity index is 0.00000289. The van der Waals surface area contributed by atoms with Gasteiger partial charge in [-0.2, -0.15) is 0 Å². The Labute approximate surface area is 118 Å². The molecule has 1 rings (SSSR count). The highest BCUT2D eigenvalue weighted by molar-refractivity contribution is 6.32. The van der Waals surface area contributed by atoms with Crippen LogP contribution in [0.4, 0.5) is 5.69 Å². The molecule has 6 heteroatoms. The standard InChI is InChI=1S/C12H17ClN2O2.ClH/c1-8(2)17-11-5-4-9(6-10(11)13)15-12(16)7-14-3;/h4-6,8,14H,7H2,1-3H3,(H,15,16);1H. The number of nitrogens with one attached hydrogen (secondary N) is 2. The predicted molar refractivity (Wildman–Crippen MR) is 77.0 cm³/mol. The number of likely N-dealkylation sites (N-methyl/N-ethyl adjacent to an activating group) is 1. The van der Waals surface area contributed by atoms with Crippen LogP contribution < -0.4 is 15.4 Å². The molecule has 0 fully saturated rings. The zero-order valence-electron chi connectivity index (χ0n) is 10.6. The molecule has 0 bridgehead atoms. The Hall–Kier alpha value is -0.970. The molecule has 1 amide bonds. The number of benzene rings is 1. The van der Waals surface area contributed by atoms with Gasteiger partial charge in [-0.3, -0.25) is 4.79 Å². The van der Waals surface area contributed by atoms with E-state index in [9.17, 15) is 4.79 Å². The van der Waals surface area contributed by atoms with Crippen molar-refractivity contribution in [3.8, 4) is 5.75 Å². The number of rotatable bonds is 5. The zero-order chi connectivity index (χ0) is 12.8. The highest BCUT2D eigenvalue weighted by atomic mass is 35.5. The fraction of sp³-hybridized carbons (Fsp3) is 0.417. The van der Waals surface area contributed by atoms with Gasteiger partial charge >= 0.3 is 0 Å². The van der Waals surface area contributed by atoms with Gasteiger partial charge < -0.3 is 15.4 Å². The van der Waals surface area contributed by atoms with E-state index in [0.717, 1.165) is 0 Å². The smallest absolute Gasteiger partial charge is 0.238 e. The Bertz CT molecular complexity index is 398. The molecule has 18 heavy (non-hydrogen) atoms. The summed E-state index contributed by atoms with van der Waals surface area (Å²) in [5, 5.41) is 5.98. The molecule has 0 aromatic heterocycles. The van der Waals surface area contributed by atoms with Crippen molar-refractivity contribution in [2.45, 2.75) is 20.0 Å². The van der Waals surface area contributed by atoms with Crippen molar-refractivity contribution in [3.05, 3.63) is 23.2 Å². The molecule has 4 nitrogen and oxygen atoms in total. The lowest BCUT2D eigenvalue weighted by Crippen LogP contribution is -2.25. The quantitative estimate of drug-likeness (QED) is 0.877. The fourth-order valence-corrected chi connectivity index (χ4v) is 1.52. The first kappa shape index (κ1) is 17.0. The van der Waals surface area contributed by atoms with Crippen LogP contribution in [0.5, 0.6) is 5.75 Å². The number of amides is 1. The minimum Gasteiger partial charge on any atom is -0.489 e. The lowest BCUT2D eigenvalue weighted by Gasteiger charge is -2.12. The molecular formula is C12H18Cl2N2O2. The first-order chi connectivity index (χ1) is 8.02. The lowest BCUT2D eigenvalue weighted by atomic mass is 10.3. The number of carbonyl (C=O) groups excluding carboxylic acids is 1. The van der Waals surface area contributed by atoms with Crippen LogP contribution in [0.25, 0.3) is 0 Å². The Morgan fingerprint density at radius 1 is 1.44 bits per heavy atom. The Morgan fingerprint density at radius 3 is 2.61 bits per heavy atom. The van der Waals surface area contributed by atoms with Crippen molar-refractivity contribution in [2.75, 3.05) is 18.9 Å². The summed E-state index contributed by atoms with van der Waals surface area (Å²) in [4.78, 5) is 11.3. The van der Waals surface area contributed by atoms with E-state index in [1.807, 2.05) is 13.8 Å². The average molecular weight is 293 g/mol. The van der Waals surface area contributed by atoms with Crippen LogP contribution in [0.2, 0.25) is 5.02 Å². The molecule has 0 aliphatic heterocycles. The van der Waals surface area contributed by atoms with E-state index >= 15 is 0 Å². The van der Waals surface area contributed by atoms with Crippen LogP contribution in [0.15, 0.2) is 18.2 Å². The van der Waals surface area contributed by atoms with Crippen molar-refractivity contribution in [1.82, 2.24) is 5.32 Å². The third kappa shape index (κ3) is 5.58. The van der Waals surface area contributed by atoms with Gasteiger partial charge in [-0.25, -0.2) is 0 Å². The highest BCUT2D eigenvalue weighted by Gasteiger charge is 2.06. The molecule has 102 valence electrons. The van der Waals surface area contributed by atoms with Crippen molar-refractivity contribution < 1.29 is 9.53 Å². The topological polar surface area (TPSA) is 50.4 Å². The summed E-state index contributed by atoms with van der Waals surface area (Å²) in [7, 11) is 1.71. The normalized spacial score (nSPS) is 9.83. The summed E-state index contributed by atoms with van der Waals surface area (Å²) in [6, 6.07) is 5.18. The van der Waals surface area contributed by atoms with Crippen molar-refractivity contribution in [1.29, 1.82) is 0 Å². The number of halogens is 2. The summed E-state index contributed by atoms with van der Waals surface area (Å²) in [5.41, 5.74) is 0.659. The maximum absolute atomic E-state index is 11.3. The monoisotopic (exact) mass is 292 g/mol. The number of hydrogen-bond acceptors (Lipinski definition) is 3. The van der Waals surface area contributed by atoms with E-state index in [1.54, 1.807) is 25.2 Å². The Morgan fingerprint density at radius 2 is 2.11 bits per heavy atom. The third-order valence-electron chi connectivity index (χ3n) is 1.92. The van der Waals surface area contributed by atoms with Gasteiger partial charge in [0.15, 0.2) is 0 Å². The first-order valence-electron chi connectivity index (χ1n) is 5.43. The van der Waals surface area contributed by atoms with E-state index in [-0.39, 0.29) is 31.0 Å². The molecule has 0 radical (unpaired) electrons. The van der Waals surface area contributed by atoms with Crippen molar-refractivity contribution in [2.24, 2.45) is 0 Å². The molecule has 0 unspecified atom stereocenters. The van der Waals surface area contributed by atoms with E-state index in [4.69, 9.17) is 16.3 Å². The molecule has 0 heterocycles.